The third-order valence-electron chi connectivity index (χ3n) is 5.56. The summed E-state index contributed by atoms with van der Waals surface area (Å²) in [5.41, 5.74) is 0.491. The summed E-state index contributed by atoms with van der Waals surface area (Å²) in [6.45, 7) is 8.65. The van der Waals surface area contributed by atoms with Crippen molar-refractivity contribution in [2.24, 2.45) is 5.92 Å². The van der Waals surface area contributed by atoms with E-state index in [2.05, 4.69) is 38.0 Å². The minimum atomic E-state index is 0.491. The lowest BCUT2D eigenvalue weighted by atomic mass is 9.77. The van der Waals surface area contributed by atoms with Crippen LogP contribution in [0.25, 0.3) is 0 Å². The Morgan fingerprint density at radius 2 is 1.76 bits per heavy atom. The van der Waals surface area contributed by atoms with Crippen molar-refractivity contribution in [2.45, 2.75) is 76.9 Å². The average Bonchev–Trinajstić information content (AvgIpc) is 2.33. The van der Waals surface area contributed by atoms with Gasteiger partial charge >= 0.3 is 0 Å². The summed E-state index contributed by atoms with van der Waals surface area (Å²) in [5.74, 6) is 0.771. The monoisotopic (exact) mass is 238 g/mol. The van der Waals surface area contributed by atoms with Gasteiger partial charge in [-0.25, -0.2) is 0 Å². The third kappa shape index (κ3) is 2.53. The highest BCUT2D eigenvalue weighted by Crippen LogP contribution is 2.38. The van der Waals surface area contributed by atoms with E-state index in [1.807, 2.05) is 0 Å². The fraction of sp³-hybridized carbons (Fsp3) is 1.00. The second-order valence-electron chi connectivity index (χ2n) is 6.53. The van der Waals surface area contributed by atoms with Gasteiger partial charge in [0.1, 0.15) is 0 Å². The SMILES string of the molecule is CNC1CCN(C2(C)CCCCC2)C(C)C1C. The van der Waals surface area contributed by atoms with Crippen molar-refractivity contribution in [2.75, 3.05) is 13.6 Å². The first-order valence-electron chi connectivity index (χ1n) is 7.52. The summed E-state index contributed by atoms with van der Waals surface area (Å²) in [6, 6.07) is 1.44. The molecule has 0 amide bonds. The maximum atomic E-state index is 3.49. The summed E-state index contributed by atoms with van der Waals surface area (Å²) in [7, 11) is 2.12. The summed E-state index contributed by atoms with van der Waals surface area (Å²) >= 11 is 0. The zero-order valence-corrected chi connectivity index (χ0v) is 12.1. The maximum Gasteiger partial charge on any atom is 0.0184 e. The van der Waals surface area contributed by atoms with Crippen molar-refractivity contribution in [1.82, 2.24) is 10.2 Å². The van der Waals surface area contributed by atoms with Gasteiger partial charge in [0.2, 0.25) is 0 Å². The minimum Gasteiger partial charge on any atom is -0.317 e. The van der Waals surface area contributed by atoms with E-state index in [-0.39, 0.29) is 0 Å². The maximum absolute atomic E-state index is 3.49. The molecule has 0 aromatic rings. The molecule has 100 valence electrons. The van der Waals surface area contributed by atoms with Crippen molar-refractivity contribution in [3.8, 4) is 0 Å². The third-order valence-corrected chi connectivity index (χ3v) is 5.56. The zero-order chi connectivity index (χ0) is 12.5. The van der Waals surface area contributed by atoms with Gasteiger partial charge < -0.3 is 5.32 Å². The van der Waals surface area contributed by atoms with E-state index in [0.717, 1.165) is 12.0 Å². The first kappa shape index (κ1) is 13.4. The molecular formula is C15H30N2. The molecule has 2 rings (SSSR count). The summed E-state index contributed by atoms with van der Waals surface area (Å²) in [5, 5.41) is 3.49. The highest BCUT2D eigenvalue weighted by Gasteiger charge is 2.41. The highest BCUT2D eigenvalue weighted by molar-refractivity contribution is 4.97. The molecule has 0 bridgehead atoms. The van der Waals surface area contributed by atoms with Crippen LogP contribution in [0.2, 0.25) is 0 Å². The van der Waals surface area contributed by atoms with Crippen molar-refractivity contribution in [1.29, 1.82) is 0 Å². The topological polar surface area (TPSA) is 15.3 Å². The van der Waals surface area contributed by atoms with E-state index in [9.17, 15) is 0 Å². The fourth-order valence-corrected chi connectivity index (χ4v) is 4.13. The van der Waals surface area contributed by atoms with Gasteiger partial charge in [0.05, 0.1) is 0 Å². The average molecular weight is 238 g/mol. The van der Waals surface area contributed by atoms with Gasteiger partial charge in [0.25, 0.3) is 0 Å². The normalized spacial score (nSPS) is 39.2. The lowest BCUT2D eigenvalue weighted by Gasteiger charge is -2.53. The van der Waals surface area contributed by atoms with Crippen LogP contribution >= 0.6 is 0 Å². The van der Waals surface area contributed by atoms with Crippen molar-refractivity contribution < 1.29 is 0 Å². The van der Waals surface area contributed by atoms with Crippen LogP contribution in [0.3, 0.4) is 0 Å². The van der Waals surface area contributed by atoms with Gasteiger partial charge in [0, 0.05) is 24.2 Å². The number of nitrogens with one attached hydrogen (secondary N) is 1. The summed E-state index contributed by atoms with van der Waals surface area (Å²) in [6.07, 6.45) is 8.46. The van der Waals surface area contributed by atoms with Crippen molar-refractivity contribution in [3.63, 3.8) is 0 Å². The van der Waals surface area contributed by atoms with Crippen molar-refractivity contribution >= 4 is 0 Å². The van der Waals surface area contributed by atoms with Crippen LogP contribution in [0.4, 0.5) is 0 Å². The number of hydrogen-bond donors (Lipinski definition) is 1. The van der Waals surface area contributed by atoms with Crippen LogP contribution in [-0.2, 0) is 0 Å². The molecule has 2 fully saturated rings. The second-order valence-corrected chi connectivity index (χ2v) is 6.53. The van der Waals surface area contributed by atoms with E-state index < -0.39 is 0 Å². The predicted molar refractivity (Wildman–Crippen MR) is 74.3 cm³/mol. The van der Waals surface area contributed by atoms with Crippen LogP contribution in [-0.4, -0.2) is 36.1 Å². The Bertz CT molecular complexity index is 245. The van der Waals surface area contributed by atoms with Crippen LogP contribution in [0, 0.1) is 5.92 Å². The fourth-order valence-electron chi connectivity index (χ4n) is 4.13. The van der Waals surface area contributed by atoms with E-state index in [0.29, 0.717) is 11.6 Å². The molecule has 0 spiro atoms. The smallest absolute Gasteiger partial charge is 0.0184 e. The van der Waals surface area contributed by atoms with Gasteiger partial charge in [0.15, 0.2) is 0 Å². The molecule has 2 aliphatic rings. The Balaban J connectivity index is 2.06. The Kier molecular flexibility index (Phi) is 4.14. The molecule has 3 atom stereocenters. The van der Waals surface area contributed by atoms with Crippen LogP contribution in [0.5, 0.6) is 0 Å². The molecule has 1 saturated heterocycles. The number of nitrogens with zero attached hydrogens (tertiary/aromatic N) is 1. The molecule has 2 heteroatoms. The van der Waals surface area contributed by atoms with Gasteiger partial charge in [-0.1, -0.05) is 26.2 Å². The molecule has 0 aromatic heterocycles. The van der Waals surface area contributed by atoms with Crippen LogP contribution < -0.4 is 5.32 Å². The Labute approximate surface area is 107 Å². The van der Waals surface area contributed by atoms with E-state index in [1.165, 1.54) is 45.1 Å². The highest BCUT2D eigenvalue weighted by atomic mass is 15.2. The van der Waals surface area contributed by atoms with Crippen LogP contribution in [0.1, 0.15) is 59.3 Å². The molecule has 1 aliphatic heterocycles. The lowest BCUT2D eigenvalue weighted by molar-refractivity contribution is -0.0221. The van der Waals surface area contributed by atoms with E-state index in [4.69, 9.17) is 0 Å². The number of rotatable bonds is 2. The first-order valence-corrected chi connectivity index (χ1v) is 7.52. The predicted octanol–water partition coefficient (Wildman–Crippen LogP) is 3.03. The number of likely N-dealkylation sites (tertiary alicyclic amines) is 1. The van der Waals surface area contributed by atoms with Gasteiger partial charge in [-0.3, -0.25) is 4.90 Å². The molecule has 1 aliphatic carbocycles. The minimum absolute atomic E-state index is 0.491. The number of piperidine rings is 1. The molecule has 3 unspecified atom stereocenters. The first-order chi connectivity index (χ1) is 8.08. The quantitative estimate of drug-likeness (QED) is 0.795. The molecule has 1 N–H and O–H groups in total. The molecular weight excluding hydrogens is 208 g/mol. The Morgan fingerprint density at radius 1 is 1.12 bits per heavy atom. The lowest BCUT2D eigenvalue weighted by Crippen LogP contribution is -2.60. The molecule has 17 heavy (non-hydrogen) atoms. The summed E-state index contributed by atoms with van der Waals surface area (Å²) < 4.78 is 0. The van der Waals surface area contributed by atoms with Crippen molar-refractivity contribution in [3.05, 3.63) is 0 Å². The Hall–Kier alpha value is -0.0800. The van der Waals surface area contributed by atoms with Gasteiger partial charge in [-0.15, -0.1) is 0 Å². The molecule has 0 radical (unpaired) electrons. The van der Waals surface area contributed by atoms with E-state index in [1.54, 1.807) is 0 Å². The zero-order valence-electron chi connectivity index (χ0n) is 12.1. The van der Waals surface area contributed by atoms with Gasteiger partial charge in [-0.05, 0) is 46.1 Å². The molecule has 2 nitrogen and oxygen atoms in total. The molecule has 0 aromatic carbocycles. The standard InChI is InChI=1S/C15H30N2/c1-12-13(2)17(11-8-14(12)16-4)15(3)9-6-5-7-10-15/h12-14,16H,5-11H2,1-4H3. The second kappa shape index (κ2) is 5.27. The largest absolute Gasteiger partial charge is 0.317 e. The van der Waals surface area contributed by atoms with Crippen LogP contribution in [0.15, 0.2) is 0 Å². The molecule has 1 heterocycles. The number of hydrogen-bond acceptors (Lipinski definition) is 2. The summed E-state index contributed by atoms with van der Waals surface area (Å²) in [4.78, 5) is 2.82. The van der Waals surface area contributed by atoms with Gasteiger partial charge in [-0.2, -0.15) is 0 Å². The molecule has 1 saturated carbocycles. The van der Waals surface area contributed by atoms with E-state index >= 15 is 0 Å². The Morgan fingerprint density at radius 3 is 2.35 bits per heavy atom.